The highest BCUT2D eigenvalue weighted by Gasteiger charge is 2.30. The molecule has 0 fully saturated rings. The minimum Gasteiger partial charge on any atom is -0.268 e. The summed E-state index contributed by atoms with van der Waals surface area (Å²) in [6.45, 7) is 0. The quantitative estimate of drug-likeness (QED) is 0.758. The van der Waals surface area contributed by atoms with Gasteiger partial charge in [-0.15, -0.1) is 0 Å². The lowest BCUT2D eigenvalue weighted by Gasteiger charge is -2.29. The summed E-state index contributed by atoms with van der Waals surface area (Å²) in [6, 6.07) is 19.9. The summed E-state index contributed by atoms with van der Waals surface area (Å²) < 4.78 is 0. The van der Waals surface area contributed by atoms with Crippen LogP contribution in [-0.4, -0.2) is 21.3 Å². The number of rotatable bonds is 2. The van der Waals surface area contributed by atoms with Gasteiger partial charge in [0, 0.05) is 11.8 Å². The maximum atomic E-state index is 13.1. The van der Waals surface area contributed by atoms with Crippen LogP contribution in [0.1, 0.15) is 16.1 Å². The summed E-state index contributed by atoms with van der Waals surface area (Å²) in [4.78, 5) is 30.6. The second kappa shape index (κ2) is 6.97. The van der Waals surface area contributed by atoms with Crippen LogP contribution in [0.5, 0.6) is 0 Å². The summed E-state index contributed by atoms with van der Waals surface area (Å²) in [7, 11) is 0. The Kier molecular flexibility index (Phi) is 4.37. The highest BCUT2D eigenvalue weighted by molar-refractivity contribution is 8.13. The number of aliphatic imine (C=N–C) groups is 1. The van der Waals surface area contributed by atoms with Crippen molar-refractivity contribution in [3.8, 4) is 0 Å². The minimum atomic E-state index is -0.354. The van der Waals surface area contributed by atoms with E-state index in [-0.39, 0.29) is 17.2 Å². The topological polar surface area (TPSA) is 78.4 Å². The average Bonchev–Trinajstić information content (AvgIpc) is 2.69. The maximum Gasteiger partial charge on any atom is 0.284 e. The van der Waals surface area contributed by atoms with Gasteiger partial charge in [0.25, 0.3) is 11.5 Å². The van der Waals surface area contributed by atoms with Crippen molar-refractivity contribution in [1.29, 1.82) is 0 Å². The number of fused-ring (bicyclic) bond motifs is 1. The normalized spacial score (nSPS) is 14.9. The number of carbonyl (C=O) groups is 1. The zero-order valence-electron chi connectivity index (χ0n) is 13.6. The molecule has 0 unspecified atom stereocenters. The van der Waals surface area contributed by atoms with Crippen LogP contribution >= 0.6 is 11.8 Å². The van der Waals surface area contributed by atoms with Crippen LogP contribution < -0.4 is 10.5 Å². The molecule has 1 aliphatic rings. The fourth-order valence-corrected chi connectivity index (χ4v) is 3.64. The molecule has 1 aromatic heterocycles. The van der Waals surface area contributed by atoms with E-state index in [1.54, 1.807) is 4.90 Å². The van der Waals surface area contributed by atoms with E-state index in [1.807, 2.05) is 54.6 Å². The van der Waals surface area contributed by atoms with Gasteiger partial charge in [0.15, 0.2) is 5.17 Å². The molecule has 2 heterocycles. The number of anilines is 1. The second-order valence-electron chi connectivity index (χ2n) is 5.59. The predicted octanol–water partition coefficient (Wildman–Crippen LogP) is 3.35. The molecule has 0 bridgehead atoms. The number of thioether (sulfide) groups is 1. The van der Waals surface area contributed by atoms with E-state index in [2.05, 4.69) is 15.2 Å². The van der Waals surface area contributed by atoms with Crippen molar-refractivity contribution in [1.82, 2.24) is 10.2 Å². The number of para-hydroxylation sites is 2. The van der Waals surface area contributed by atoms with Crippen molar-refractivity contribution in [2.24, 2.45) is 4.99 Å². The summed E-state index contributed by atoms with van der Waals surface area (Å²) in [5.74, 6) is 0.389. The molecule has 4 rings (SSSR count). The molecule has 0 spiro atoms. The third-order valence-electron chi connectivity index (χ3n) is 3.86. The Labute approximate surface area is 153 Å². The number of aromatic nitrogens is 2. The van der Waals surface area contributed by atoms with Crippen LogP contribution in [0, 0.1) is 0 Å². The smallest absolute Gasteiger partial charge is 0.268 e. The first-order valence-electron chi connectivity index (χ1n) is 7.97. The van der Waals surface area contributed by atoms with Crippen LogP contribution in [0.2, 0.25) is 0 Å². The Morgan fingerprint density at radius 2 is 1.81 bits per heavy atom. The third kappa shape index (κ3) is 3.16. The highest BCUT2D eigenvalue weighted by Crippen LogP contribution is 2.35. The number of hydrogen-bond donors (Lipinski definition) is 1. The van der Waals surface area contributed by atoms with Gasteiger partial charge in [-0.25, -0.2) is 10.1 Å². The Balaban J connectivity index is 1.82. The molecule has 1 amide bonds. The number of benzene rings is 2. The summed E-state index contributed by atoms with van der Waals surface area (Å²) in [5, 5.41) is 6.76. The molecule has 0 atom stereocenters. The number of amidine groups is 1. The molecule has 128 valence electrons. The SMILES string of the molecule is O=C(c1ccc(=O)[nH]n1)N1C(=Nc2ccccc2)SCc2ccccc21. The van der Waals surface area contributed by atoms with Crippen molar-refractivity contribution in [2.75, 3.05) is 4.90 Å². The van der Waals surface area contributed by atoms with Crippen LogP contribution in [0.3, 0.4) is 0 Å². The van der Waals surface area contributed by atoms with E-state index in [4.69, 9.17) is 0 Å². The number of nitrogens with zero attached hydrogens (tertiary/aromatic N) is 3. The maximum absolute atomic E-state index is 13.1. The molecule has 26 heavy (non-hydrogen) atoms. The predicted molar refractivity (Wildman–Crippen MR) is 103 cm³/mol. The molecule has 6 nitrogen and oxygen atoms in total. The van der Waals surface area contributed by atoms with E-state index in [0.29, 0.717) is 5.17 Å². The first-order chi connectivity index (χ1) is 12.7. The molecule has 2 aromatic carbocycles. The summed E-state index contributed by atoms with van der Waals surface area (Å²) in [5.41, 5.74) is 2.39. The number of hydrogen-bond acceptors (Lipinski definition) is 5. The van der Waals surface area contributed by atoms with Gasteiger partial charge >= 0.3 is 0 Å². The number of aromatic amines is 1. The lowest BCUT2D eigenvalue weighted by Crippen LogP contribution is -2.39. The second-order valence-corrected chi connectivity index (χ2v) is 6.54. The van der Waals surface area contributed by atoms with Gasteiger partial charge in [0.05, 0.1) is 11.4 Å². The van der Waals surface area contributed by atoms with Crippen molar-refractivity contribution in [3.05, 3.63) is 88.3 Å². The van der Waals surface area contributed by atoms with Crippen LogP contribution in [0.25, 0.3) is 0 Å². The van der Waals surface area contributed by atoms with Gasteiger partial charge in [-0.1, -0.05) is 48.2 Å². The van der Waals surface area contributed by atoms with Gasteiger partial charge in [-0.2, -0.15) is 5.10 Å². The van der Waals surface area contributed by atoms with Crippen molar-refractivity contribution < 1.29 is 4.79 Å². The average molecular weight is 362 g/mol. The monoisotopic (exact) mass is 362 g/mol. The molecule has 0 aliphatic carbocycles. The van der Waals surface area contributed by atoms with E-state index < -0.39 is 0 Å². The zero-order valence-corrected chi connectivity index (χ0v) is 14.4. The zero-order chi connectivity index (χ0) is 17.9. The molecular formula is C19H14N4O2S. The van der Waals surface area contributed by atoms with Gasteiger partial charge in [-0.05, 0) is 29.8 Å². The number of nitrogens with one attached hydrogen (secondary N) is 1. The van der Waals surface area contributed by atoms with E-state index in [1.165, 1.54) is 23.9 Å². The molecule has 0 saturated carbocycles. The van der Waals surface area contributed by atoms with E-state index in [9.17, 15) is 9.59 Å². The minimum absolute atomic E-state index is 0.155. The van der Waals surface area contributed by atoms with Crippen LogP contribution in [0.4, 0.5) is 11.4 Å². The molecule has 7 heteroatoms. The molecule has 0 saturated heterocycles. The molecule has 0 radical (unpaired) electrons. The fraction of sp³-hybridized carbons (Fsp3) is 0.0526. The summed E-state index contributed by atoms with van der Waals surface area (Å²) >= 11 is 1.49. The highest BCUT2D eigenvalue weighted by atomic mass is 32.2. The largest absolute Gasteiger partial charge is 0.284 e. The Hall–Kier alpha value is -3.19. The Morgan fingerprint density at radius 1 is 1.04 bits per heavy atom. The van der Waals surface area contributed by atoms with Crippen molar-refractivity contribution in [2.45, 2.75) is 5.75 Å². The summed E-state index contributed by atoms with van der Waals surface area (Å²) in [6.07, 6.45) is 0. The Morgan fingerprint density at radius 3 is 2.58 bits per heavy atom. The lowest BCUT2D eigenvalue weighted by atomic mass is 10.1. The fourth-order valence-electron chi connectivity index (χ4n) is 2.63. The lowest BCUT2D eigenvalue weighted by molar-refractivity contribution is 0.0997. The van der Waals surface area contributed by atoms with Gasteiger partial charge < -0.3 is 0 Å². The van der Waals surface area contributed by atoms with E-state index in [0.717, 1.165) is 22.7 Å². The third-order valence-corrected chi connectivity index (χ3v) is 4.85. The van der Waals surface area contributed by atoms with Gasteiger partial charge in [-0.3, -0.25) is 14.5 Å². The number of H-pyrrole nitrogens is 1. The van der Waals surface area contributed by atoms with Crippen LogP contribution in [-0.2, 0) is 5.75 Å². The van der Waals surface area contributed by atoms with Gasteiger partial charge in [0.2, 0.25) is 0 Å². The van der Waals surface area contributed by atoms with E-state index >= 15 is 0 Å². The first kappa shape index (κ1) is 16.3. The molecular weight excluding hydrogens is 348 g/mol. The number of amides is 1. The Bertz CT molecular complexity index is 1030. The molecule has 1 N–H and O–H groups in total. The van der Waals surface area contributed by atoms with Crippen molar-refractivity contribution in [3.63, 3.8) is 0 Å². The first-order valence-corrected chi connectivity index (χ1v) is 8.95. The van der Waals surface area contributed by atoms with Crippen molar-refractivity contribution >= 4 is 34.2 Å². The van der Waals surface area contributed by atoms with Gasteiger partial charge in [0.1, 0.15) is 5.69 Å². The number of carbonyl (C=O) groups excluding carboxylic acids is 1. The van der Waals surface area contributed by atoms with Crippen LogP contribution in [0.15, 0.2) is 76.5 Å². The molecule has 1 aliphatic heterocycles. The standard InChI is InChI=1S/C19H14N4O2S/c24-17-11-10-15(21-22-17)18(25)23-16-9-5-4-6-13(16)12-26-19(23)20-14-7-2-1-3-8-14/h1-11H,12H2,(H,22,24). The molecule has 3 aromatic rings.